The zero-order chi connectivity index (χ0) is 13.1. The Morgan fingerprint density at radius 1 is 1.11 bits per heavy atom. The monoisotopic (exact) mass is 258 g/mol. The molecule has 2 N–H and O–H groups in total. The van der Waals surface area contributed by atoms with Crippen molar-refractivity contribution >= 4 is 0 Å². The van der Waals surface area contributed by atoms with E-state index in [1.165, 1.54) is 44.2 Å². The molecular weight excluding hydrogens is 232 g/mol. The molecule has 0 bridgehead atoms. The van der Waals surface area contributed by atoms with Gasteiger partial charge in [-0.2, -0.15) is 0 Å². The molecular formula is C17H26N2. The van der Waals surface area contributed by atoms with Crippen molar-refractivity contribution in [1.29, 1.82) is 0 Å². The minimum atomic E-state index is 0.466. The van der Waals surface area contributed by atoms with Gasteiger partial charge >= 0.3 is 0 Å². The van der Waals surface area contributed by atoms with Crippen LogP contribution in [-0.4, -0.2) is 18.6 Å². The summed E-state index contributed by atoms with van der Waals surface area (Å²) in [4.78, 5) is 0. The maximum atomic E-state index is 3.88. The van der Waals surface area contributed by atoms with Gasteiger partial charge in [0.05, 0.1) is 0 Å². The van der Waals surface area contributed by atoms with E-state index in [0.717, 1.165) is 12.0 Å². The van der Waals surface area contributed by atoms with Gasteiger partial charge in [-0.1, -0.05) is 36.8 Å². The van der Waals surface area contributed by atoms with Crippen molar-refractivity contribution in [3.63, 3.8) is 0 Å². The Bertz CT molecular complexity index is 384. The third kappa shape index (κ3) is 3.01. The highest BCUT2D eigenvalue weighted by atomic mass is 15.0. The molecule has 2 fully saturated rings. The minimum Gasteiger partial charge on any atom is -0.314 e. The number of hydrogen-bond donors (Lipinski definition) is 2. The molecule has 2 aliphatic rings. The van der Waals surface area contributed by atoms with Crippen LogP contribution in [0.3, 0.4) is 0 Å². The van der Waals surface area contributed by atoms with Gasteiger partial charge in [0.1, 0.15) is 0 Å². The third-order valence-electron chi connectivity index (χ3n) is 4.95. The van der Waals surface area contributed by atoms with Gasteiger partial charge in [-0.3, -0.25) is 0 Å². The van der Waals surface area contributed by atoms with Crippen LogP contribution in [0.4, 0.5) is 0 Å². The first-order chi connectivity index (χ1) is 9.34. The molecule has 1 heterocycles. The molecule has 2 heteroatoms. The average Bonchev–Trinajstić information content (AvgIpc) is 3.10. The fraction of sp³-hybridized carbons (Fsp3) is 0.647. The van der Waals surface area contributed by atoms with Gasteiger partial charge < -0.3 is 10.6 Å². The zero-order valence-corrected chi connectivity index (χ0v) is 11.9. The summed E-state index contributed by atoms with van der Waals surface area (Å²) in [6, 6.07) is 12.8. The molecule has 0 aromatic heterocycles. The van der Waals surface area contributed by atoms with Crippen molar-refractivity contribution in [2.24, 2.45) is 5.92 Å². The molecule has 4 atom stereocenters. The largest absolute Gasteiger partial charge is 0.314 e. The maximum absolute atomic E-state index is 3.88. The van der Waals surface area contributed by atoms with Gasteiger partial charge in [0.15, 0.2) is 0 Å². The normalized spacial score (nSPS) is 32.6. The van der Waals surface area contributed by atoms with Crippen LogP contribution in [0.25, 0.3) is 0 Å². The lowest BCUT2D eigenvalue weighted by molar-refractivity contribution is 0.303. The molecule has 1 aromatic carbocycles. The van der Waals surface area contributed by atoms with E-state index in [-0.39, 0.29) is 0 Å². The lowest BCUT2D eigenvalue weighted by atomic mass is 9.92. The van der Waals surface area contributed by atoms with E-state index in [2.05, 4.69) is 47.9 Å². The van der Waals surface area contributed by atoms with Crippen LogP contribution in [0, 0.1) is 5.92 Å². The van der Waals surface area contributed by atoms with E-state index in [1.54, 1.807) is 0 Å². The minimum absolute atomic E-state index is 0.466. The lowest BCUT2D eigenvalue weighted by Gasteiger charge is -2.29. The van der Waals surface area contributed by atoms with Crippen molar-refractivity contribution in [1.82, 2.24) is 10.6 Å². The van der Waals surface area contributed by atoms with Gasteiger partial charge in [0, 0.05) is 18.1 Å². The van der Waals surface area contributed by atoms with Gasteiger partial charge in [-0.25, -0.2) is 0 Å². The van der Waals surface area contributed by atoms with E-state index in [9.17, 15) is 0 Å². The predicted octanol–water partition coefficient (Wildman–Crippen LogP) is 3.26. The molecule has 1 saturated heterocycles. The van der Waals surface area contributed by atoms with Crippen LogP contribution in [0.2, 0.25) is 0 Å². The second-order valence-corrected chi connectivity index (χ2v) is 6.20. The molecule has 19 heavy (non-hydrogen) atoms. The van der Waals surface area contributed by atoms with Crippen molar-refractivity contribution in [2.75, 3.05) is 6.54 Å². The molecule has 1 saturated carbocycles. The Kier molecular flexibility index (Phi) is 4.19. The standard InChI is InChI=1S/C17H26N2/c1-13(14-7-3-2-4-8-14)19-17-10-5-9-15(17)16-11-6-12-18-16/h2-4,7-8,13,15-19H,5-6,9-12H2,1H3/t13-,15?,16?,17?/m1/s1. The van der Waals surface area contributed by atoms with Crippen molar-refractivity contribution in [3.05, 3.63) is 35.9 Å². The van der Waals surface area contributed by atoms with Crippen molar-refractivity contribution in [2.45, 2.75) is 57.2 Å². The molecule has 0 radical (unpaired) electrons. The maximum Gasteiger partial charge on any atom is 0.0294 e. The van der Waals surface area contributed by atoms with Crippen molar-refractivity contribution in [3.8, 4) is 0 Å². The summed E-state index contributed by atoms with van der Waals surface area (Å²) >= 11 is 0. The first-order valence-electron chi connectivity index (χ1n) is 7.89. The van der Waals surface area contributed by atoms with Gasteiger partial charge in [0.25, 0.3) is 0 Å². The summed E-state index contributed by atoms with van der Waals surface area (Å²) in [7, 11) is 0. The Balaban J connectivity index is 1.62. The fourth-order valence-corrected chi connectivity index (χ4v) is 3.91. The van der Waals surface area contributed by atoms with E-state index in [1.807, 2.05) is 0 Å². The van der Waals surface area contributed by atoms with E-state index < -0.39 is 0 Å². The number of benzene rings is 1. The van der Waals surface area contributed by atoms with Crippen LogP contribution in [0.5, 0.6) is 0 Å². The first-order valence-corrected chi connectivity index (χ1v) is 7.89. The first kappa shape index (κ1) is 13.1. The molecule has 1 aliphatic carbocycles. The summed E-state index contributed by atoms with van der Waals surface area (Å²) in [5.41, 5.74) is 1.41. The van der Waals surface area contributed by atoms with Crippen LogP contribution >= 0.6 is 0 Å². The Hall–Kier alpha value is -0.860. The molecule has 2 nitrogen and oxygen atoms in total. The quantitative estimate of drug-likeness (QED) is 0.866. The van der Waals surface area contributed by atoms with E-state index in [0.29, 0.717) is 12.1 Å². The summed E-state index contributed by atoms with van der Waals surface area (Å²) < 4.78 is 0. The van der Waals surface area contributed by atoms with Crippen LogP contribution < -0.4 is 10.6 Å². The van der Waals surface area contributed by atoms with Crippen LogP contribution in [0.15, 0.2) is 30.3 Å². The third-order valence-corrected chi connectivity index (χ3v) is 4.95. The molecule has 3 rings (SSSR count). The van der Waals surface area contributed by atoms with Crippen LogP contribution in [-0.2, 0) is 0 Å². The number of rotatable bonds is 4. The Labute approximate surface area is 117 Å². The van der Waals surface area contributed by atoms with Gasteiger partial charge in [0.2, 0.25) is 0 Å². The van der Waals surface area contributed by atoms with Crippen LogP contribution in [0.1, 0.15) is 50.6 Å². The van der Waals surface area contributed by atoms with Gasteiger partial charge in [-0.15, -0.1) is 0 Å². The summed E-state index contributed by atoms with van der Waals surface area (Å²) in [5.74, 6) is 0.841. The van der Waals surface area contributed by atoms with E-state index in [4.69, 9.17) is 0 Å². The van der Waals surface area contributed by atoms with Gasteiger partial charge in [-0.05, 0) is 50.6 Å². The topological polar surface area (TPSA) is 24.1 Å². The van der Waals surface area contributed by atoms with Crippen molar-refractivity contribution < 1.29 is 0 Å². The number of hydrogen-bond acceptors (Lipinski definition) is 2. The fourth-order valence-electron chi connectivity index (χ4n) is 3.91. The zero-order valence-electron chi connectivity index (χ0n) is 11.9. The second-order valence-electron chi connectivity index (χ2n) is 6.20. The highest BCUT2D eigenvalue weighted by molar-refractivity contribution is 5.18. The molecule has 0 amide bonds. The average molecular weight is 258 g/mol. The molecule has 104 valence electrons. The Morgan fingerprint density at radius 2 is 1.95 bits per heavy atom. The second kappa shape index (κ2) is 6.06. The smallest absolute Gasteiger partial charge is 0.0294 e. The summed E-state index contributed by atoms with van der Waals surface area (Å²) in [6.45, 7) is 3.52. The molecule has 1 aromatic rings. The number of nitrogens with one attached hydrogen (secondary N) is 2. The highest BCUT2D eigenvalue weighted by Gasteiger charge is 2.35. The molecule has 0 spiro atoms. The molecule has 3 unspecified atom stereocenters. The predicted molar refractivity (Wildman–Crippen MR) is 80.1 cm³/mol. The van der Waals surface area contributed by atoms with E-state index >= 15 is 0 Å². The summed E-state index contributed by atoms with van der Waals surface area (Å²) in [5, 5.41) is 7.58. The summed E-state index contributed by atoms with van der Waals surface area (Å²) in [6.07, 6.45) is 6.88. The molecule has 1 aliphatic heterocycles. The highest BCUT2D eigenvalue weighted by Crippen LogP contribution is 2.33. The lowest BCUT2D eigenvalue weighted by Crippen LogP contribution is -2.42. The Morgan fingerprint density at radius 3 is 2.68 bits per heavy atom. The SMILES string of the molecule is C[C@@H](NC1CCCC1C1CCCN1)c1ccccc1.